The summed E-state index contributed by atoms with van der Waals surface area (Å²) >= 11 is 0. The van der Waals surface area contributed by atoms with E-state index >= 15 is 0 Å². The van der Waals surface area contributed by atoms with Crippen molar-refractivity contribution in [3.8, 4) is 0 Å². The first-order valence-corrected chi connectivity index (χ1v) is 5.89. The summed E-state index contributed by atoms with van der Waals surface area (Å²) in [5.74, 6) is 0.669. The average Bonchev–Trinajstić information content (AvgIpc) is 2.86. The molecule has 0 aliphatic rings. The molecule has 100 valence electrons. The van der Waals surface area contributed by atoms with Gasteiger partial charge >= 0.3 is 6.03 Å². The summed E-state index contributed by atoms with van der Waals surface area (Å²) in [6, 6.07) is 3.41. The van der Waals surface area contributed by atoms with E-state index in [0.717, 1.165) is 18.6 Å². The maximum absolute atomic E-state index is 11.4. The van der Waals surface area contributed by atoms with Crippen molar-refractivity contribution >= 4 is 11.9 Å². The van der Waals surface area contributed by atoms with E-state index in [1.807, 2.05) is 19.1 Å². The van der Waals surface area contributed by atoms with E-state index in [1.165, 1.54) is 7.05 Å². The molecule has 0 unspecified atom stereocenters. The molecule has 1 heterocycles. The van der Waals surface area contributed by atoms with Gasteiger partial charge in [0.2, 0.25) is 5.91 Å². The molecule has 0 aliphatic heterocycles. The molecule has 0 saturated carbocycles. The van der Waals surface area contributed by atoms with E-state index < -0.39 is 0 Å². The zero-order chi connectivity index (χ0) is 13.4. The van der Waals surface area contributed by atoms with Crippen molar-refractivity contribution in [1.29, 1.82) is 0 Å². The summed E-state index contributed by atoms with van der Waals surface area (Å²) in [6.07, 6.45) is 3.17. The molecule has 0 radical (unpaired) electrons. The second kappa shape index (κ2) is 7.37. The smallest absolute Gasteiger partial charge is 0.315 e. The number of hydrogen-bond acceptors (Lipinski definition) is 3. The SMILES string of the molecule is CNC(=O)CNC(=O)N[C@@H](C)CCc1ccco1. The first-order valence-electron chi connectivity index (χ1n) is 5.89. The van der Waals surface area contributed by atoms with Gasteiger partial charge in [0.1, 0.15) is 5.76 Å². The first-order chi connectivity index (χ1) is 8.61. The van der Waals surface area contributed by atoms with Crippen molar-refractivity contribution in [3.05, 3.63) is 24.2 Å². The van der Waals surface area contributed by atoms with E-state index in [1.54, 1.807) is 6.26 Å². The lowest BCUT2D eigenvalue weighted by molar-refractivity contribution is -0.119. The predicted octanol–water partition coefficient (Wildman–Crippen LogP) is 0.646. The molecular formula is C12H19N3O3. The van der Waals surface area contributed by atoms with Gasteiger partial charge in [-0.3, -0.25) is 4.79 Å². The lowest BCUT2D eigenvalue weighted by atomic mass is 10.1. The highest BCUT2D eigenvalue weighted by molar-refractivity contribution is 5.83. The molecule has 3 N–H and O–H groups in total. The van der Waals surface area contributed by atoms with E-state index in [9.17, 15) is 9.59 Å². The Morgan fingerprint density at radius 2 is 2.22 bits per heavy atom. The van der Waals surface area contributed by atoms with Crippen LogP contribution < -0.4 is 16.0 Å². The number of amides is 3. The van der Waals surface area contributed by atoms with Crippen molar-refractivity contribution in [1.82, 2.24) is 16.0 Å². The molecule has 1 atom stereocenters. The fourth-order valence-electron chi connectivity index (χ4n) is 1.41. The van der Waals surface area contributed by atoms with Crippen molar-refractivity contribution in [2.75, 3.05) is 13.6 Å². The standard InChI is InChI=1S/C12H19N3O3/c1-9(5-6-10-4-3-7-18-10)15-12(17)14-8-11(16)13-2/h3-4,7,9H,5-6,8H2,1-2H3,(H,13,16)(H2,14,15,17)/t9-/m0/s1. The Balaban J connectivity index is 2.17. The Labute approximate surface area is 106 Å². The van der Waals surface area contributed by atoms with Crippen molar-refractivity contribution in [2.24, 2.45) is 0 Å². The number of hydrogen-bond donors (Lipinski definition) is 3. The number of urea groups is 1. The highest BCUT2D eigenvalue weighted by atomic mass is 16.3. The molecule has 0 aliphatic carbocycles. The third kappa shape index (κ3) is 5.38. The first kappa shape index (κ1) is 14.1. The van der Waals surface area contributed by atoms with Gasteiger partial charge in [0.05, 0.1) is 12.8 Å². The lowest BCUT2D eigenvalue weighted by Gasteiger charge is -2.13. The van der Waals surface area contributed by atoms with Crippen LogP contribution in [0, 0.1) is 0 Å². The van der Waals surface area contributed by atoms with Gasteiger partial charge < -0.3 is 20.4 Å². The molecular weight excluding hydrogens is 234 g/mol. The maximum Gasteiger partial charge on any atom is 0.315 e. The molecule has 0 spiro atoms. The molecule has 3 amide bonds. The summed E-state index contributed by atoms with van der Waals surface area (Å²) in [4.78, 5) is 22.3. The van der Waals surface area contributed by atoms with Gasteiger partial charge in [0, 0.05) is 19.5 Å². The Bertz CT molecular complexity index is 376. The topological polar surface area (TPSA) is 83.4 Å². The summed E-state index contributed by atoms with van der Waals surface area (Å²) in [5, 5.41) is 7.65. The van der Waals surface area contributed by atoms with Gasteiger partial charge in [-0.25, -0.2) is 4.79 Å². The van der Waals surface area contributed by atoms with Crippen LogP contribution in [0.5, 0.6) is 0 Å². The molecule has 6 heteroatoms. The number of rotatable bonds is 6. The molecule has 18 heavy (non-hydrogen) atoms. The minimum Gasteiger partial charge on any atom is -0.469 e. The van der Waals surface area contributed by atoms with Crippen LogP contribution in [0.1, 0.15) is 19.1 Å². The summed E-state index contributed by atoms with van der Waals surface area (Å²) in [5.41, 5.74) is 0. The second-order valence-electron chi connectivity index (χ2n) is 4.02. The monoisotopic (exact) mass is 253 g/mol. The lowest BCUT2D eigenvalue weighted by Crippen LogP contribution is -2.44. The van der Waals surface area contributed by atoms with Crippen LogP contribution in [-0.4, -0.2) is 31.6 Å². The van der Waals surface area contributed by atoms with Crippen LogP contribution in [0.4, 0.5) is 4.79 Å². The number of carbonyl (C=O) groups is 2. The van der Waals surface area contributed by atoms with Crippen molar-refractivity contribution in [3.63, 3.8) is 0 Å². The molecule has 0 saturated heterocycles. The maximum atomic E-state index is 11.4. The number of carbonyl (C=O) groups excluding carboxylic acids is 2. The minimum absolute atomic E-state index is 0.0137. The Hall–Kier alpha value is -1.98. The van der Waals surface area contributed by atoms with Gasteiger partial charge in [-0.15, -0.1) is 0 Å². The molecule has 1 aromatic heterocycles. The van der Waals surface area contributed by atoms with E-state index in [4.69, 9.17) is 4.42 Å². The van der Waals surface area contributed by atoms with Crippen LogP contribution >= 0.6 is 0 Å². The summed E-state index contributed by atoms with van der Waals surface area (Å²) in [7, 11) is 1.52. The minimum atomic E-state index is -0.342. The fraction of sp³-hybridized carbons (Fsp3) is 0.500. The van der Waals surface area contributed by atoms with E-state index in [0.29, 0.717) is 0 Å². The summed E-state index contributed by atoms with van der Waals surface area (Å²) in [6.45, 7) is 1.88. The van der Waals surface area contributed by atoms with E-state index in [2.05, 4.69) is 16.0 Å². The highest BCUT2D eigenvalue weighted by Gasteiger charge is 2.08. The van der Waals surface area contributed by atoms with Crippen LogP contribution in [0.15, 0.2) is 22.8 Å². The second-order valence-corrected chi connectivity index (χ2v) is 4.02. The normalized spacial score (nSPS) is 11.7. The fourth-order valence-corrected chi connectivity index (χ4v) is 1.41. The van der Waals surface area contributed by atoms with Crippen LogP contribution in [-0.2, 0) is 11.2 Å². The van der Waals surface area contributed by atoms with Gasteiger partial charge in [0.25, 0.3) is 0 Å². The van der Waals surface area contributed by atoms with Gasteiger partial charge in [-0.1, -0.05) is 0 Å². The zero-order valence-electron chi connectivity index (χ0n) is 10.7. The Morgan fingerprint density at radius 3 is 2.83 bits per heavy atom. The number of likely N-dealkylation sites (N-methyl/N-ethyl adjacent to an activating group) is 1. The summed E-state index contributed by atoms with van der Waals surface area (Å²) < 4.78 is 5.20. The van der Waals surface area contributed by atoms with Gasteiger partial charge in [-0.2, -0.15) is 0 Å². The quantitative estimate of drug-likeness (QED) is 0.696. The molecule has 0 bridgehead atoms. The highest BCUT2D eigenvalue weighted by Crippen LogP contribution is 2.05. The molecule has 6 nitrogen and oxygen atoms in total. The largest absolute Gasteiger partial charge is 0.469 e. The van der Waals surface area contributed by atoms with Gasteiger partial charge in [0.15, 0.2) is 0 Å². The van der Waals surface area contributed by atoms with Gasteiger partial charge in [-0.05, 0) is 25.5 Å². The number of furan rings is 1. The Kier molecular flexibility index (Phi) is 5.76. The van der Waals surface area contributed by atoms with Crippen molar-refractivity contribution in [2.45, 2.75) is 25.8 Å². The predicted molar refractivity (Wildman–Crippen MR) is 67.1 cm³/mol. The molecule has 0 aromatic carbocycles. The number of nitrogens with one attached hydrogen (secondary N) is 3. The van der Waals surface area contributed by atoms with Crippen molar-refractivity contribution < 1.29 is 14.0 Å². The van der Waals surface area contributed by atoms with Crippen LogP contribution in [0.25, 0.3) is 0 Å². The Morgan fingerprint density at radius 1 is 1.44 bits per heavy atom. The molecule has 0 fully saturated rings. The molecule has 1 rings (SSSR count). The molecule has 1 aromatic rings. The average molecular weight is 253 g/mol. The van der Waals surface area contributed by atoms with Crippen LogP contribution in [0.2, 0.25) is 0 Å². The van der Waals surface area contributed by atoms with Crippen LogP contribution in [0.3, 0.4) is 0 Å². The zero-order valence-corrected chi connectivity index (χ0v) is 10.7. The third-order valence-corrected chi connectivity index (χ3v) is 2.47. The van der Waals surface area contributed by atoms with E-state index in [-0.39, 0.29) is 24.5 Å². The number of aryl methyl sites for hydroxylation is 1. The third-order valence-electron chi connectivity index (χ3n) is 2.47.